The number of benzene rings is 2. The summed E-state index contributed by atoms with van der Waals surface area (Å²) < 4.78 is 38.5. The first kappa shape index (κ1) is 44.3. The fourth-order valence-corrected chi connectivity index (χ4v) is 7.63. The SMILES string of the molecule is CC1=C([n+]2ccccc2)C(=O)N(CCCN(C)C)C(=O)C1=NN=C1C=CC(=NNc2c(S(=O)(=O)O)cc3ccc(N=Nc4c(O)nc(O)c(-[n+]5cccc(C)c5)c4C)cc3c2O)C=C1. The Balaban J connectivity index is 1.16. The zero-order chi connectivity index (χ0) is 45.9. The molecular weight excluding hydrogens is 843 g/mol. The van der Waals surface area contributed by atoms with Crippen molar-refractivity contribution in [3.8, 4) is 23.2 Å². The highest BCUT2D eigenvalue weighted by Gasteiger charge is 2.42. The molecule has 5 N–H and O–H groups in total. The maximum absolute atomic E-state index is 13.6. The first-order valence-corrected chi connectivity index (χ1v) is 21.1. The van der Waals surface area contributed by atoms with Crippen LogP contribution in [0.15, 0.2) is 140 Å². The maximum Gasteiger partial charge on any atom is 0.326 e. The van der Waals surface area contributed by atoms with Crippen LogP contribution in [-0.4, -0.2) is 99.2 Å². The minimum Gasteiger partial charge on any atom is -0.505 e. The average Bonchev–Trinajstić information content (AvgIpc) is 3.24. The third-order valence-electron chi connectivity index (χ3n) is 10.1. The minimum atomic E-state index is -4.89. The van der Waals surface area contributed by atoms with Crippen LogP contribution in [0.4, 0.5) is 17.1 Å². The minimum absolute atomic E-state index is 0.00243. The van der Waals surface area contributed by atoms with Gasteiger partial charge in [0.25, 0.3) is 33.3 Å². The van der Waals surface area contributed by atoms with Crippen molar-refractivity contribution in [3.05, 3.63) is 120 Å². The molecule has 4 heterocycles. The van der Waals surface area contributed by atoms with Gasteiger partial charge in [-0.1, -0.05) is 12.1 Å². The summed E-state index contributed by atoms with van der Waals surface area (Å²) in [4.78, 5) is 33.5. The Hall–Kier alpha value is -7.81. The number of nitrogens with zero attached hydrogens (tertiary/aromatic N) is 10. The smallest absolute Gasteiger partial charge is 0.326 e. The molecule has 0 saturated heterocycles. The Morgan fingerprint density at radius 3 is 2.22 bits per heavy atom. The number of anilines is 1. The predicted molar refractivity (Wildman–Crippen MR) is 238 cm³/mol. The van der Waals surface area contributed by atoms with E-state index in [1.807, 2.05) is 38.1 Å². The van der Waals surface area contributed by atoms with Gasteiger partial charge in [-0.3, -0.25) is 24.5 Å². The lowest BCUT2D eigenvalue weighted by molar-refractivity contribution is -0.597. The maximum atomic E-state index is 13.6. The number of nitrogens with one attached hydrogen (secondary N) is 1. The van der Waals surface area contributed by atoms with Gasteiger partial charge in [0, 0.05) is 35.7 Å². The van der Waals surface area contributed by atoms with Crippen LogP contribution in [0, 0.1) is 13.8 Å². The summed E-state index contributed by atoms with van der Waals surface area (Å²) in [5.74, 6) is -2.59. The molecule has 0 unspecified atom stereocenters. The van der Waals surface area contributed by atoms with E-state index in [-0.39, 0.29) is 51.5 Å². The highest BCUT2D eigenvalue weighted by molar-refractivity contribution is 7.86. The second kappa shape index (κ2) is 18.3. The fraction of sp³-hybridized carbons (Fsp3) is 0.182. The number of aromatic hydroxyl groups is 3. The Bertz CT molecular complexity index is 3050. The molecule has 7 rings (SSSR count). The average molecular weight is 886 g/mol. The van der Waals surface area contributed by atoms with Crippen LogP contribution in [-0.2, 0) is 19.7 Å². The molecule has 2 amide bonds. The number of hydrazone groups is 1. The van der Waals surface area contributed by atoms with E-state index in [9.17, 15) is 37.9 Å². The van der Waals surface area contributed by atoms with Gasteiger partial charge in [-0.25, -0.2) is 0 Å². The van der Waals surface area contributed by atoms with E-state index in [0.717, 1.165) is 11.6 Å². The van der Waals surface area contributed by atoms with Gasteiger partial charge in [0.1, 0.15) is 16.3 Å². The van der Waals surface area contributed by atoms with Crippen LogP contribution in [0.5, 0.6) is 17.5 Å². The second-order valence-electron chi connectivity index (χ2n) is 15.0. The summed E-state index contributed by atoms with van der Waals surface area (Å²) in [5.41, 5.74) is 5.02. The van der Waals surface area contributed by atoms with Crippen molar-refractivity contribution in [1.29, 1.82) is 0 Å². The summed E-state index contributed by atoms with van der Waals surface area (Å²) in [5, 5.41) is 54.1. The van der Waals surface area contributed by atoms with Gasteiger partial charge in [0.2, 0.25) is 5.88 Å². The fourth-order valence-electron chi connectivity index (χ4n) is 6.96. The number of fused-ring (bicyclic) bond motifs is 1. The number of aromatic nitrogens is 3. The van der Waals surface area contributed by atoms with E-state index < -0.39 is 50.0 Å². The molecule has 326 valence electrons. The number of allylic oxidation sites excluding steroid dienone is 4. The van der Waals surface area contributed by atoms with Crippen LogP contribution in [0.2, 0.25) is 0 Å². The topological polar surface area (TPSA) is 250 Å². The monoisotopic (exact) mass is 885 g/mol. The first-order valence-electron chi connectivity index (χ1n) is 19.7. The Morgan fingerprint density at radius 2 is 1.53 bits per heavy atom. The molecule has 2 aromatic carbocycles. The van der Waals surface area contributed by atoms with Crippen LogP contribution < -0.4 is 14.6 Å². The normalized spacial score (nSPS) is 15.1. The van der Waals surface area contributed by atoms with E-state index in [4.69, 9.17) is 0 Å². The summed E-state index contributed by atoms with van der Waals surface area (Å²) in [6, 6.07) is 14.5. The molecule has 2 aliphatic rings. The molecule has 0 saturated carbocycles. The molecule has 1 aliphatic carbocycles. The number of rotatable bonds is 12. The number of phenolic OH excluding ortho intramolecular Hbond substituents is 1. The summed E-state index contributed by atoms with van der Waals surface area (Å²) >= 11 is 0. The predicted octanol–water partition coefficient (Wildman–Crippen LogP) is 5.14. The Labute approximate surface area is 367 Å². The third-order valence-corrected chi connectivity index (χ3v) is 11.0. The Morgan fingerprint density at radius 1 is 0.828 bits per heavy atom. The number of imide groups is 1. The van der Waals surface area contributed by atoms with Gasteiger partial charge < -0.3 is 20.2 Å². The lowest BCUT2D eigenvalue weighted by Gasteiger charge is -2.25. The summed E-state index contributed by atoms with van der Waals surface area (Å²) in [6.07, 6.45) is 13.6. The molecule has 0 radical (unpaired) electrons. The van der Waals surface area contributed by atoms with Crippen LogP contribution in [0.1, 0.15) is 24.5 Å². The molecule has 20 heteroatoms. The highest BCUT2D eigenvalue weighted by atomic mass is 32.2. The molecule has 0 atom stereocenters. The van der Waals surface area contributed by atoms with Gasteiger partial charge in [0.15, 0.2) is 36.2 Å². The van der Waals surface area contributed by atoms with Gasteiger partial charge in [0.05, 0.1) is 28.2 Å². The van der Waals surface area contributed by atoms with E-state index >= 15 is 0 Å². The number of amides is 2. The van der Waals surface area contributed by atoms with Crippen molar-refractivity contribution in [2.24, 2.45) is 25.5 Å². The number of hydrogen-bond acceptors (Lipinski definition) is 15. The largest absolute Gasteiger partial charge is 0.505 e. The number of carbonyl (C=O) groups excluding carboxylic acids is 2. The molecule has 1 aliphatic heterocycles. The van der Waals surface area contributed by atoms with Crippen molar-refractivity contribution in [2.45, 2.75) is 32.1 Å². The quantitative estimate of drug-likeness (QED) is 0.0209. The van der Waals surface area contributed by atoms with E-state index in [1.165, 1.54) is 47.4 Å². The summed E-state index contributed by atoms with van der Waals surface area (Å²) in [6.45, 7) is 5.99. The molecule has 0 spiro atoms. The van der Waals surface area contributed by atoms with Crippen molar-refractivity contribution in [1.82, 2.24) is 14.8 Å². The Kier molecular flexibility index (Phi) is 12.6. The molecule has 64 heavy (non-hydrogen) atoms. The number of hydrogen-bond donors (Lipinski definition) is 5. The zero-order valence-electron chi connectivity index (χ0n) is 35.2. The first-order chi connectivity index (χ1) is 30.5. The van der Waals surface area contributed by atoms with Crippen molar-refractivity contribution in [3.63, 3.8) is 0 Å². The van der Waals surface area contributed by atoms with Crippen molar-refractivity contribution in [2.75, 3.05) is 32.6 Å². The molecular formula is C44H43N11O8S+2. The van der Waals surface area contributed by atoms with E-state index in [1.54, 1.807) is 66.0 Å². The molecule has 19 nitrogen and oxygen atoms in total. The van der Waals surface area contributed by atoms with E-state index in [2.05, 4.69) is 35.9 Å². The molecule has 3 aromatic heterocycles. The number of azo groups is 1. The highest BCUT2D eigenvalue weighted by Crippen LogP contribution is 2.41. The third kappa shape index (κ3) is 9.33. The lowest BCUT2D eigenvalue weighted by Crippen LogP contribution is -2.53. The van der Waals surface area contributed by atoms with Crippen LogP contribution in [0.3, 0.4) is 0 Å². The number of phenols is 1. The number of aryl methyl sites for hydroxylation is 1. The molecule has 5 aromatic rings. The van der Waals surface area contributed by atoms with Crippen molar-refractivity contribution >= 4 is 72.6 Å². The van der Waals surface area contributed by atoms with Gasteiger partial charge in [-0.15, -0.1) is 10.2 Å². The van der Waals surface area contributed by atoms with Crippen LogP contribution in [0.25, 0.3) is 22.2 Å². The number of carbonyl (C=O) groups is 2. The molecule has 0 bridgehead atoms. The molecule has 0 fully saturated rings. The summed E-state index contributed by atoms with van der Waals surface area (Å²) in [7, 11) is -1.09. The van der Waals surface area contributed by atoms with Crippen LogP contribution >= 0.6 is 0 Å². The van der Waals surface area contributed by atoms with Crippen molar-refractivity contribution < 1.29 is 47.0 Å². The van der Waals surface area contributed by atoms with Gasteiger partial charge in [-0.2, -0.15) is 37.9 Å². The van der Waals surface area contributed by atoms with Gasteiger partial charge in [-0.05, 0) is 102 Å². The lowest BCUT2D eigenvalue weighted by atomic mass is 10.0. The van der Waals surface area contributed by atoms with E-state index in [0.29, 0.717) is 29.8 Å². The standard InChI is InChI=1S/C44H41N11O8S/c1-26-11-9-21-54(25-26)38-27(2)35(41(57)45-42(38)58)49-48-32-13-12-29-23-34(64(61,62)63)37(40(56)33(29)24-32)51-47-31-16-14-30(15-17-31)46-50-36-28(3)39(53-19-7-6-8-20-53)44(60)55(43(36)59)22-10-18-52(4)5/h6-9,11-17,19-21,23-25H,10,18,22H2,1-5H3,(H3-2,45,46,47,48,49,50,51,56,57,58,59,60,61,62,63)/p+2. The second-order valence-corrected chi connectivity index (χ2v) is 16.4. The zero-order valence-corrected chi connectivity index (χ0v) is 36.1. The number of pyridine rings is 3. The van der Waals surface area contributed by atoms with Gasteiger partial charge >= 0.3 is 5.91 Å².